The van der Waals surface area contributed by atoms with Crippen LogP contribution in [0.2, 0.25) is 5.02 Å². The smallest absolute Gasteiger partial charge is 0.461 e. The van der Waals surface area contributed by atoms with E-state index in [1.54, 1.807) is 30.3 Å². The fourth-order valence-electron chi connectivity index (χ4n) is 5.66. The molecule has 4 rings (SSSR count). The maximum absolute atomic E-state index is 15.1. The molecule has 0 bridgehead atoms. The van der Waals surface area contributed by atoms with E-state index in [9.17, 15) is 31.9 Å². The first kappa shape index (κ1) is 36.4. The molecule has 0 radical (unpaired) electrons. The molecule has 0 saturated heterocycles. The van der Waals surface area contributed by atoms with Gasteiger partial charge in [-0.05, 0) is 48.2 Å². The number of methoxy groups -OCH3 is 1. The number of aromatic nitrogens is 1. The van der Waals surface area contributed by atoms with E-state index in [1.165, 1.54) is 25.4 Å². The second kappa shape index (κ2) is 16.1. The molecule has 3 aromatic rings. The molecular weight excluding hydrogens is 663 g/mol. The van der Waals surface area contributed by atoms with Crippen LogP contribution in [0.15, 0.2) is 66.9 Å². The Morgan fingerprint density at radius 2 is 1.77 bits per heavy atom. The highest BCUT2D eigenvalue weighted by Gasteiger charge is 2.45. The van der Waals surface area contributed by atoms with Gasteiger partial charge in [-0.25, -0.2) is 9.18 Å². The molecule has 1 heterocycles. The average molecular weight is 697 g/mol. The van der Waals surface area contributed by atoms with E-state index in [0.29, 0.717) is 30.9 Å². The number of benzene rings is 2. The molecule has 3 amide bonds. The van der Waals surface area contributed by atoms with Crippen LogP contribution < -0.4 is 20.7 Å². The zero-order chi connectivity index (χ0) is 34.9. The molecule has 48 heavy (non-hydrogen) atoms. The Morgan fingerprint density at radius 1 is 1.04 bits per heavy atom. The minimum atomic E-state index is -4.94. The number of hydrogen-bond donors (Lipinski definition) is 3. The fourth-order valence-corrected chi connectivity index (χ4v) is 5.77. The molecule has 2 aromatic carbocycles. The summed E-state index contributed by atoms with van der Waals surface area (Å²) in [5.41, 5.74) is -1.27. The van der Waals surface area contributed by atoms with Crippen molar-refractivity contribution in [2.45, 2.75) is 62.6 Å². The Kier molecular flexibility index (Phi) is 12.2. The second-order valence-corrected chi connectivity index (χ2v) is 11.7. The van der Waals surface area contributed by atoms with E-state index in [2.05, 4.69) is 30.4 Å². The summed E-state index contributed by atoms with van der Waals surface area (Å²) >= 11 is 6.10. The number of amides is 3. The Hall–Kier alpha value is -4.46. The number of rotatable bonds is 13. The van der Waals surface area contributed by atoms with Crippen molar-refractivity contribution in [2.24, 2.45) is 5.92 Å². The quantitative estimate of drug-likeness (QED) is 0.146. The number of halogens is 6. The van der Waals surface area contributed by atoms with E-state index < -0.39 is 53.6 Å². The van der Waals surface area contributed by atoms with Crippen LogP contribution in [-0.4, -0.2) is 55.1 Å². The molecule has 1 aromatic heterocycles. The molecule has 1 saturated carbocycles. The summed E-state index contributed by atoms with van der Waals surface area (Å²) in [6.07, 6.45) is -5.72. The molecule has 9 nitrogen and oxygen atoms in total. The molecule has 15 heteroatoms. The van der Waals surface area contributed by atoms with E-state index in [0.717, 1.165) is 18.6 Å². The number of esters is 1. The van der Waals surface area contributed by atoms with Crippen LogP contribution in [0.25, 0.3) is 0 Å². The monoisotopic (exact) mass is 696 g/mol. The average Bonchev–Trinajstić information content (AvgIpc) is 3.04. The molecule has 258 valence electrons. The van der Waals surface area contributed by atoms with Crippen molar-refractivity contribution in [3.05, 3.63) is 94.5 Å². The normalized spacial score (nSPS) is 17.6. The summed E-state index contributed by atoms with van der Waals surface area (Å²) in [6, 6.07) is 12.4. The van der Waals surface area contributed by atoms with Gasteiger partial charge in [-0.15, -0.1) is 0 Å². The zero-order valence-electron chi connectivity index (χ0n) is 25.8. The second-order valence-electron chi connectivity index (χ2n) is 11.3. The van der Waals surface area contributed by atoms with Gasteiger partial charge >= 0.3 is 24.5 Å². The number of hydrogen-bond acceptors (Lipinski definition) is 6. The first-order valence-corrected chi connectivity index (χ1v) is 15.5. The highest BCUT2D eigenvalue weighted by atomic mass is 35.5. The Labute approximate surface area is 278 Å². The van der Waals surface area contributed by atoms with Gasteiger partial charge in [-0.1, -0.05) is 54.8 Å². The first-order chi connectivity index (χ1) is 22.8. The van der Waals surface area contributed by atoms with Gasteiger partial charge in [0.05, 0.1) is 30.2 Å². The van der Waals surface area contributed by atoms with Gasteiger partial charge in [0.25, 0.3) is 0 Å². The molecule has 1 aliphatic carbocycles. The van der Waals surface area contributed by atoms with Crippen LogP contribution in [0.1, 0.15) is 48.9 Å². The van der Waals surface area contributed by atoms with Gasteiger partial charge in [-0.2, -0.15) is 17.6 Å². The summed E-state index contributed by atoms with van der Waals surface area (Å²) in [5.74, 6) is -3.55. The lowest BCUT2D eigenvalue weighted by Gasteiger charge is -2.37. The maximum Gasteiger partial charge on any atom is 0.461 e. The minimum Gasteiger partial charge on any atom is -0.469 e. The summed E-state index contributed by atoms with van der Waals surface area (Å²) in [5, 5.41) is 8.59. The number of nitrogens with zero attached hydrogens (tertiary/aromatic N) is 1. The lowest BCUT2D eigenvalue weighted by Crippen LogP contribution is -2.57. The van der Waals surface area contributed by atoms with E-state index >= 15 is 4.39 Å². The van der Waals surface area contributed by atoms with Gasteiger partial charge in [0.2, 0.25) is 5.91 Å². The van der Waals surface area contributed by atoms with Crippen LogP contribution >= 0.6 is 11.6 Å². The maximum atomic E-state index is 15.1. The number of alkyl halides is 4. The minimum absolute atomic E-state index is 0.0355. The molecule has 3 N–H and O–H groups in total. The van der Waals surface area contributed by atoms with Gasteiger partial charge in [0.15, 0.2) is 0 Å². The van der Waals surface area contributed by atoms with Crippen molar-refractivity contribution in [3.63, 3.8) is 0 Å². The van der Waals surface area contributed by atoms with Crippen molar-refractivity contribution < 1.29 is 45.8 Å². The van der Waals surface area contributed by atoms with Crippen LogP contribution in [0, 0.1) is 11.7 Å². The molecule has 0 aliphatic heterocycles. The highest BCUT2D eigenvalue weighted by Crippen LogP contribution is 2.37. The predicted octanol–water partition coefficient (Wildman–Crippen LogP) is 6.13. The Morgan fingerprint density at radius 3 is 2.44 bits per heavy atom. The zero-order valence-corrected chi connectivity index (χ0v) is 26.5. The molecule has 0 spiro atoms. The van der Waals surface area contributed by atoms with Crippen LogP contribution in [0.5, 0.6) is 5.75 Å². The van der Waals surface area contributed by atoms with Crippen molar-refractivity contribution in [1.82, 2.24) is 20.9 Å². The van der Waals surface area contributed by atoms with E-state index in [1.807, 2.05) is 0 Å². The number of nitrogens with one attached hydrogen (secondary N) is 3. The van der Waals surface area contributed by atoms with Gasteiger partial charge in [-0.3, -0.25) is 14.6 Å². The van der Waals surface area contributed by atoms with Gasteiger partial charge in [0, 0.05) is 31.3 Å². The Bertz CT molecular complexity index is 1570. The van der Waals surface area contributed by atoms with Crippen molar-refractivity contribution in [1.29, 1.82) is 0 Å². The molecule has 1 aliphatic rings. The summed E-state index contributed by atoms with van der Waals surface area (Å²) in [6.45, 7) is 0.0396. The molecular formula is C33H34ClF5N4O5. The van der Waals surface area contributed by atoms with Crippen molar-refractivity contribution >= 4 is 29.5 Å². The number of carbonyl (C=O) groups is 3. The lowest BCUT2D eigenvalue weighted by molar-refractivity contribution is -0.253. The standard InChI is InChI=1S/C33H34ClF5N4O5/c1-47-28(44)13-14-40-29(45)25-9-5-6-10-26(25)42-31(46)43-32(18-20-7-3-2-4-8-20,27-12-11-22(34)19-41-27)21-15-23(35)17-24(16-21)48-33(38,39)30(36)37/h2-4,7-8,11-12,15-17,19,25-26,30H,5-6,9-10,13-14,18H2,1H3,(H,40,45)(H2,42,43,46)/t25-,26+,32-/m0/s1. The molecule has 0 unspecified atom stereocenters. The SMILES string of the molecule is COC(=O)CCNC(=O)[C@H]1CCCC[C@H]1NC(=O)N[C@@](Cc1ccccc1)(c1cc(F)cc(OC(F)(F)C(F)F)c1)c1ccc(Cl)cn1. The summed E-state index contributed by atoms with van der Waals surface area (Å²) < 4.78 is 77.9. The largest absolute Gasteiger partial charge is 0.469 e. The van der Waals surface area contributed by atoms with Crippen LogP contribution in [0.4, 0.5) is 26.7 Å². The lowest BCUT2D eigenvalue weighted by atomic mass is 9.80. The number of pyridine rings is 1. The third-order valence-electron chi connectivity index (χ3n) is 7.95. The predicted molar refractivity (Wildman–Crippen MR) is 165 cm³/mol. The van der Waals surface area contributed by atoms with E-state index in [-0.39, 0.29) is 41.6 Å². The topological polar surface area (TPSA) is 119 Å². The third-order valence-corrected chi connectivity index (χ3v) is 8.17. The first-order valence-electron chi connectivity index (χ1n) is 15.1. The van der Waals surface area contributed by atoms with Crippen molar-refractivity contribution in [3.8, 4) is 5.75 Å². The molecule has 3 atom stereocenters. The third kappa shape index (κ3) is 9.33. The van der Waals surface area contributed by atoms with Crippen molar-refractivity contribution in [2.75, 3.05) is 13.7 Å². The molecule has 1 fully saturated rings. The van der Waals surface area contributed by atoms with Gasteiger partial charge in [0.1, 0.15) is 17.1 Å². The van der Waals surface area contributed by atoms with Crippen LogP contribution in [0.3, 0.4) is 0 Å². The Balaban J connectivity index is 1.74. The van der Waals surface area contributed by atoms with Crippen LogP contribution in [-0.2, 0) is 26.3 Å². The fraction of sp³-hybridized carbons (Fsp3) is 0.394. The summed E-state index contributed by atoms with van der Waals surface area (Å²) in [7, 11) is 1.23. The summed E-state index contributed by atoms with van der Waals surface area (Å²) in [4.78, 5) is 42.8. The number of carbonyl (C=O) groups excluding carboxylic acids is 3. The number of urea groups is 1. The van der Waals surface area contributed by atoms with Gasteiger partial charge < -0.3 is 25.4 Å². The van der Waals surface area contributed by atoms with E-state index in [4.69, 9.17) is 11.6 Å². The highest BCUT2D eigenvalue weighted by molar-refractivity contribution is 6.30. The number of ether oxygens (including phenoxy) is 2.